The number of hydrogen-bond acceptors (Lipinski definition) is 2. The van der Waals surface area contributed by atoms with E-state index >= 15 is 0 Å². The minimum absolute atomic E-state index is 0.00326. The molecule has 0 radical (unpaired) electrons. The lowest BCUT2D eigenvalue weighted by atomic mass is 10.1. The third-order valence-electron chi connectivity index (χ3n) is 2.90. The first kappa shape index (κ1) is 13.8. The molecule has 0 N–H and O–H groups in total. The molecule has 0 aromatic heterocycles. The highest BCUT2D eigenvalue weighted by molar-refractivity contribution is 9.10. The number of benzene rings is 2. The van der Waals surface area contributed by atoms with Crippen molar-refractivity contribution in [1.29, 1.82) is 0 Å². The average molecular weight is 319 g/mol. The van der Waals surface area contributed by atoms with E-state index in [9.17, 15) is 4.79 Å². The smallest absolute Gasteiger partial charge is 0.163 e. The molecule has 0 atom stereocenters. The van der Waals surface area contributed by atoms with Crippen LogP contribution in [0.25, 0.3) is 0 Å². The predicted molar refractivity (Wildman–Crippen MR) is 80.0 cm³/mol. The van der Waals surface area contributed by atoms with Gasteiger partial charge in [0.1, 0.15) is 11.5 Å². The van der Waals surface area contributed by atoms with E-state index < -0.39 is 0 Å². The maximum absolute atomic E-state index is 11.6. The van der Waals surface area contributed by atoms with E-state index in [4.69, 9.17) is 4.74 Å². The number of para-hydroxylation sites is 1. The molecule has 0 saturated heterocycles. The lowest BCUT2D eigenvalue weighted by molar-refractivity contribution is 0.101. The molecule has 3 heteroatoms. The number of carbonyl (C=O) groups is 1. The molecule has 0 aliphatic heterocycles. The van der Waals surface area contributed by atoms with Gasteiger partial charge in [-0.15, -0.1) is 0 Å². The van der Waals surface area contributed by atoms with Crippen LogP contribution in [0.2, 0.25) is 0 Å². The minimum Gasteiger partial charge on any atom is -0.456 e. The Morgan fingerprint density at radius 1 is 1.16 bits per heavy atom. The first-order valence-corrected chi connectivity index (χ1v) is 6.97. The van der Waals surface area contributed by atoms with Crippen molar-refractivity contribution < 1.29 is 9.53 Å². The summed E-state index contributed by atoms with van der Waals surface area (Å²) in [5.41, 5.74) is 1.71. The van der Waals surface area contributed by atoms with Gasteiger partial charge in [0.15, 0.2) is 5.78 Å². The zero-order chi connectivity index (χ0) is 13.8. The number of ether oxygens (including phenoxy) is 1. The molecule has 0 bridgehead atoms. The number of hydrogen-bond donors (Lipinski definition) is 0. The van der Waals surface area contributed by atoms with Gasteiger partial charge in [-0.25, -0.2) is 0 Å². The average Bonchev–Trinajstić information content (AvgIpc) is 2.39. The number of halogens is 1. The van der Waals surface area contributed by atoms with Crippen LogP contribution in [0, 0.1) is 0 Å². The van der Waals surface area contributed by atoms with Crippen molar-refractivity contribution in [3.63, 3.8) is 0 Å². The van der Waals surface area contributed by atoms with Crippen LogP contribution in [0.1, 0.15) is 29.8 Å². The normalized spacial score (nSPS) is 10.3. The summed E-state index contributed by atoms with van der Waals surface area (Å²) in [5.74, 6) is 1.38. The van der Waals surface area contributed by atoms with E-state index in [0.29, 0.717) is 11.3 Å². The van der Waals surface area contributed by atoms with Gasteiger partial charge in [-0.3, -0.25) is 4.79 Å². The van der Waals surface area contributed by atoms with E-state index in [-0.39, 0.29) is 5.78 Å². The van der Waals surface area contributed by atoms with Crippen molar-refractivity contribution >= 4 is 21.7 Å². The zero-order valence-electron chi connectivity index (χ0n) is 10.9. The number of Topliss-reactive ketones (excluding diaryl/α,β-unsaturated/α-hetero) is 1. The summed E-state index contributed by atoms with van der Waals surface area (Å²) < 4.78 is 6.81. The summed E-state index contributed by atoms with van der Waals surface area (Å²) in [6.45, 7) is 3.62. The van der Waals surface area contributed by atoms with Gasteiger partial charge >= 0.3 is 0 Å². The van der Waals surface area contributed by atoms with Crippen molar-refractivity contribution in [2.75, 3.05) is 0 Å². The first-order valence-electron chi connectivity index (χ1n) is 6.18. The summed E-state index contributed by atoms with van der Waals surface area (Å²) in [6.07, 6.45) is 0.888. The van der Waals surface area contributed by atoms with Gasteiger partial charge in [-0.05, 0) is 43.2 Å². The van der Waals surface area contributed by atoms with Crippen LogP contribution in [-0.2, 0) is 6.42 Å². The molecule has 2 aromatic rings. The fraction of sp³-hybridized carbons (Fsp3) is 0.188. The standard InChI is InChI=1S/C16H15BrO2/c1-3-12-6-4-5-7-15(12)19-16-10-13(17)8-9-14(16)11(2)18/h4-10H,3H2,1-2H3. The molecule has 2 nitrogen and oxygen atoms in total. The molecule has 98 valence electrons. The Labute approximate surface area is 121 Å². The lowest BCUT2D eigenvalue weighted by Gasteiger charge is -2.12. The van der Waals surface area contributed by atoms with Crippen LogP contribution in [0.3, 0.4) is 0 Å². The van der Waals surface area contributed by atoms with Crippen molar-refractivity contribution in [3.8, 4) is 11.5 Å². The van der Waals surface area contributed by atoms with Gasteiger partial charge in [0.25, 0.3) is 0 Å². The Morgan fingerprint density at radius 2 is 1.89 bits per heavy atom. The SMILES string of the molecule is CCc1ccccc1Oc1cc(Br)ccc1C(C)=O. The van der Waals surface area contributed by atoms with Crippen LogP contribution in [0.5, 0.6) is 11.5 Å². The summed E-state index contributed by atoms with van der Waals surface area (Å²) in [4.78, 5) is 11.6. The van der Waals surface area contributed by atoms with E-state index in [1.807, 2.05) is 36.4 Å². The van der Waals surface area contributed by atoms with Gasteiger partial charge in [0.05, 0.1) is 5.56 Å². The number of carbonyl (C=O) groups excluding carboxylic acids is 1. The quantitative estimate of drug-likeness (QED) is 0.741. The molecule has 2 aromatic carbocycles. The van der Waals surface area contributed by atoms with E-state index in [2.05, 4.69) is 22.9 Å². The monoisotopic (exact) mass is 318 g/mol. The molecule has 0 heterocycles. The molecule has 2 rings (SSSR count). The second-order valence-corrected chi connectivity index (χ2v) is 5.18. The molecule has 0 aliphatic carbocycles. The predicted octanol–water partition coefficient (Wildman–Crippen LogP) is 5.01. The van der Waals surface area contributed by atoms with Crippen molar-refractivity contribution in [1.82, 2.24) is 0 Å². The molecule has 19 heavy (non-hydrogen) atoms. The second kappa shape index (κ2) is 6.02. The summed E-state index contributed by atoms with van der Waals surface area (Å²) in [7, 11) is 0. The Bertz CT molecular complexity index is 605. The Balaban J connectivity index is 2.42. The molecular formula is C16H15BrO2. The van der Waals surface area contributed by atoms with E-state index in [0.717, 1.165) is 22.2 Å². The maximum Gasteiger partial charge on any atom is 0.163 e. The highest BCUT2D eigenvalue weighted by Crippen LogP contribution is 2.31. The van der Waals surface area contributed by atoms with Crippen LogP contribution >= 0.6 is 15.9 Å². The zero-order valence-corrected chi connectivity index (χ0v) is 12.5. The topological polar surface area (TPSA) is 26.3 Å². The molecule has 0 aliphatic rings. The van der Waals surface area contributed by atoms with Crippen molar-refractivity contribution in [3.05, 3.63) is 58.1 Å². The van der Waals surface area contributed by atoms with Crippen LogP contribution in [0.15, 0.2) is 46.9 Å². The van der Waals surface area contributed by atoms with Crippen molar-refractivity contribution in [2.24, 2.45) is 0 Å². The van der Waals surface area contributed by atoms with Gasteiger partial charge in [0.2, 0.25) is 0 Å². The third-order valence-corrected chi connectivity index (χ3v) is 3.39. The van der Waals surface area contributed by atoms with Crippen LogP contribution in [0.4, 0.5) is 0 Å². The first-order chi connectivity index (χ1) is 9.11. The van der Waals surface area contributed by atoms with Gasteiger partial charge in [0, 0.05) is 4.47 Å². The molecule has 0 saturated carbocycles. The van der Waals surface area contributed by atoms with E-state index in [1.54, 1.807) is 13.0 Å². The molecular weight excluding hydrogens is 304 g/mol. The highest BCUT2D eigenvalue weighted by Gasteiger charge is 2.11. The van der Waals surface area contributed by atoms with Crippen LogP contribution in [-0.4, -0.2) is 5.78 Å². The van der Waals surface area contributed by atoms with E-state index in [1.165, 1.54) is 0 Å². The highest BCUT2D eigenvalue weighted by atomic mass is 79.9. The number of rotatable bonds is 4. The lowest BCUT2D eigenvalue weighted by Crippen LogP contribution is -1.98. The summed E-state index contributed by atoms with van der Waals surface area (Å²) >= 11 is 3.40. The molecule has 0 spiro atoms. The van der Waals surface area contributed by atoms with Crippen molar-refractivity contribution in [2.45, 2.75) is 20.3 Å². The largest absolute Gasteiger partial charge is 0.456 e. The van der Waals surface area contributed by atoms with Crippen LogP contribution < -0.4 is 4.74 Å². The Hall–Kier alpha value is -1.61. The third kappa shape index (κ3) is 3.24. The number of ketones is 1. The summed E-state index contributed by atoms with van der Waals surface area (Å²) in [6, 6.07) is 13.3. The van der Waals surface area contributed by atoms with Gasteiger partial charge in [-0.2, -0.15) is 0 Å². The number of aryl methyl sites for hydroxylation is 1. The summed E-state index contributed by atoms with van der Waals surface area (Å²) in [5, 5.41) is 0. The minimum atomic E-state index is -0.00326. The fourth-order valence-electron chi connectivity index (χ4n) is 1.89. The fourth-order valence-corrected chi connectivity index (χ4v) is 2.23. The maximum atomic E-state index is 11.6. The van der Waals surface area contributed by atoms with Gasteiger partial charge in [-0.1, -0.05) is 41.1 Å². The molecule has 0 fully saturated rings. The Morgan fingerprint density at radius 3 is 2.58 bits per heavy atom. The Kier molecular flexibility index (Phi) is 4.38. The van der Waals surface area contributed by atoms with Gasteiger partial charge < -0.3 is 4.74 Å². The molecule has 0 unspecified atom stereocenters. The second-order valence-electron chi connectivity index (χ2n) is 4.26. The molecule has 0 amide bonds.